The van der Waals surface area contributed by atoms with E-state index in [9.17, 15) is 0 Å². The van der Waals surface area contributed by atoms with Crippen molar-refractivity contribution in [2.45, 2.75) is 6.92 Å². The van der Waals surface area contributed by atoms with Crippen molar-refractivity contribution in [2.75, 3.05) is 20.3 Å². The van der Waals surface area contributed by atoms with Crippen LogP contribution in [0.25, 0.3) is 0 Å². The minimum Gasteiger partial charge on any atom is -0.497 e. The van der Waals surface area contributed by atoms with Crippen molar-refractivity contribution in [2.24, 2.45) is 5.16 Å². The van der Waals surface area contributed by atoms with Gasteiger partial charge >= 0.3 is 0 Å². The molecule has 0 saturated heterocycles. The molecule has 0 fully saturated rings. The molecule has 116 valence electrons. The van der Waals surface area contributed by atoms with Crippen LogP contribution in [0.3, 0.4) is 0 Å². The summed E-state index contributed by atoms with van der Waals surface area (Å²) in [5.74, 6) is 2.09. The van der Waals surface area contributed by atoms with E-state index >= 15 is 0 Å². The van der Waals surface area contributed by atoms with Gasteiger partial charge in [-0.25, -0.2) is 0 Å². The molecule has 2 aromatic rings. The van der Waals surface area contributed by atoms with E-state index in [0.29, 0.717) is 30.3 Å². The number of para-hydroxylation sites is 1. The maximum atomic E-state index is 8.68. The van der Waals surface area contributed by atoms with Crippen LogP contribution in [0.15, 0.2) is 47.6 Å². The first kappa shape index (κ1) is 15.7. The lowest BCUT2D eigenvalue weighted by molar-refractivity contribution is 0.215. The molecule has 0 saturated carbocycles. The molecule has 5 nitrogen and oxygen atoms in total. The molecule has 0 spiro atoms. The number of benzene rings is 2. The maximum absolute atomic E-state index is 8.68. The van der Waals surface area contributed by atoms with Gasteiger partial charge in [-0.3, -0.25) is 0 Å². The van der Waals surface area contributed by atoms with Gasteiger partial charge in [0.2, 0.25) is 0 Å². The Labute approximate surface area is 129 Å². The van der Waals surface area contributed by atoms with Crippen molar-refractivity contribution >= 4 is 6.21 Å². The number of rotatable bonds is 7. The molecule has 2 aromatic carbocycles. The molecule has 0 radical (unpaired) electrons. The van der Waals surface area contributed by atoms with Gasteiger partial charge in [0.15, 0.2) is 0 Å². The van der Waals surface area contributed by atoms with Gasteiger partial charge in [-0.05, 0) is 30.7 Å². The highest BCUT2D eigenvalue weighted by molar-refractivity contribution is 5.83. The van der Waals surface area contributed by atoms with Crippen molar-refractivity contribution in [1.82, 2.24) is 0 Å². The lowest BCUT2D eigenvalue weighted by Gasteiger charge is -2.12. The van der Waals surface area contributed by atoms with Crippen LogP contribution in [0.1, 0.15) is 11.1 Å². The molecule has 5 heteroatoms. The second-order valence-electron chi connectivity index (χ2n) is 4.61. The third-order valence-electron chi connectivity index (χ3n) is 3.11. The van der Waals surface area contributed by atoms with E-state index < -0.39 is 0 Å². The molecule has 0 unspecified atom stereocenters. The number of methoxy groups -OCH3 is 1. The van der Waals surface area contributed by atoms with Crippen LogP contribution in [0.5, 0.6) is 17.2 Å². The van der Waals surface area contributed by atoms with Crippen LogP contribution in [-0.2, 0) is 0 Å². The molecule has 2 rings (SSSR count). The van der Waals surface area contributed by atoms with Gasteiger partial charge in [0, 0.05) is 11.6 Å². The largest absolute Gasteiger partial charge is 0.497 e. The topological polar surface area (TPSA) is 60.3 Å². The van der Waals surface area contributed by atoms with Gasteiger partial charge < -0.3 is 19.4 Å². The molecular formula is C17H19NO4. The van der Waals surface area contributed by atoms with E-state index in [1.165, 1.54) is 6.21 Å². The summed E-state index contributed by atoms with van der Waals surface area (Å²) >= 11 is 0. The summed E-state index contributed by atoms with van der Waals surface area (Å²) in [6.07, 6.45) is 1.32. The van der Waals surface area contributed by atoms with Crippen LogP contribution in [0.4, 0.5) is 0 Å². The highest BCUT2D eigenvalue weighted by atomic mass is 16.5. The van der Waals surface area contributed by atoms with E-state index in [2.05, 4.69) is 5.16 Å². The summed E-state index contributed by atoms with van der Waals surface area (Å²) in [5, 5.41) is 11.7. The third kappa shape index (κ3) is 4.15. The Balaban J connectivity index is 1.95. The highest BCUT2D eigenvalue weighted by Gasteiger charge is 2.05. The maximum Gasteiger partial charge on any atom is 0.132 e. The van der Waals surface area contributed by atoms with E-state index in [4.69, 9.17) is 19.4 Å². The molecule has 0 aliphatic heterocycles. The zero-order valence-corrected chi connectivity index (χ0v) is 12.7. The van der Waals surface area contributed by atoms with Crippen LogP contribution >= 0.6 is 0 Å². The molecule has 0 aliphatic carbocycles. The second kappa shape index (κ2) is 7.93. The average molecular weight is 301 g/mol. The van der Waals surface area contributed by atoms with Crippen LogP contribution < -0.4 is 14.2 Å². The molecule has 0 heterocycles. The fourth-order valence-corrected chi connectivity index (χ4v) is 1.96. The van der Waals surface area contributed by atoms with Crippen LogP contribution in [0, 0.1) is 6.92 Å². The Hall–Kier alpha value is -2.69. The van der Waals surface area contributed by atoms with Crippen molar-refractivity contribution in [3.05, 3.63) is 53.6 Å². The minimum atomic E-state index is 0.369. The number of hydrogen-bond donors (Lipinski definition) is 1. The summed E-state index contributed by atoms with van der Waals surface area (Å²) in [4.78, 5) is 0. The average Bonchev–Trinajstić information content (AvgIpc) is 2.54. The number of ether oxygens (including phenoxy) is 3. The van der Waals surface area contributed by atoms with Gasteiger partial charge in [-0.1, -0.05) is 23.4 Å². The summed E-state index contributed by atoms with van der Waals surface area (Å²) in [6.45, 7) is 2.78. The summed E-state index contributed by atoms with van der Waals surface area (Å²) in [7, 11) is 1.58. The predicted molar refractivity (Wildman–Crippen MR) is 84.5 cm³/mol. The first-order valence-corrected chi connectivity index (χ1v) is 6.91. The standard InChI is InChI=1S/C17H19NO4/c1-13-5-3-4-6-16(13)21-9-10-22-17-11-15(20-2)8-7-14(17)12-18-19/h3-8,11-12,19H,9-10H2,1-2H3/b18-12+. The van der Waals surface area contributed by atoms with Gasteiger partial charge in [0.05, 0.1) is 13.3 Å². The molecule has 0 atom stereocenters. The van der Waals surface area contributed by atoms with E-state index in [1.54, 1.807) is 25.3 Å². The molecule has 0 aliphatic rings. The number of oxime groups is 1. The molecule has 0 bridgehead atoms. The minimum absolute atomic E-state index is 0.369. The van der Waals surface area contributed by atoms with Crippen LogP contribution in [-0.4, -0.2) is 31.7 Å². The molecule has 0 amide bonds. The Morgan fingerprint density at radius 1 is 1.05 bits per heavy atom. The Kier molecular flexibility index (Phi) is 5.65. The van der Waals surface area contributed by atoms with Gasteiger partial charge in [-0.15, -0.1) is 0 Å². The lowest BCUT2D eigenvalue weighted by Crippen LogP contribution is -2.10. The van der Waals surface area contributed by atoms with Gasteiger partial charge in [-0.2, -0.15) is 0 Å². The summed E-state index contributed by atoms with van der Waals surface area (Å²) in [5.41, 5.74) is 1.75. The second-order valence-corrected chi connectivity index (χ2v) is 4.61. The molecule has 1 N–H and O–H groups in total. The van der Waals surface area contributed by atoms with Gasteiger partial charge in [0.25, 0.3) is 0 Å². The van der Waals surface area contributed by atoms with Crippen molar-refractivity contribution in [3.63, 3.8) is 0 Å². The fraction of sp³-hybridized carbons (Fsp3) is 0.235. The lowest BCUT2D eigenvalue weighted by atomic mass is 10.2. The first-order valence-electron chi connectivity index (χ1n) is 6.91. The quantitative estimate of drug-likeness (QED) is 0.369. The Morgan fingerprint density at radius 3 is 2.45 bits per heavy atom. The number of hydrogen-bond acceptors (Lipinski definition) is 5. The van der Waals surface area contributed by atoms with Crippen molar-refractivity contribution < 1.29 is 19.4 Å². The van der Waals surface area contributed by atoms with Crippen LogP contribution in [0.2, 0.25) is 0 Å². The summed E-state index contributed by atoms with van der Waals surface area (Å²) < 4.78 is 16.5. The normalized spacial score (nSPS) is 10.6. The van der Waals surface area contributed by atoms with Crippen molar-refractivity contribution in [1.29, 1.82) is 0 Å². The molecule has 22 heavy (non-hydrogen) atoms. The smallest absolute Gasteiger partial charge is 0.132 e. The fourth-order valence-electron chi connectivity index (χ4n) is 1.96. The predicted octanol–water partition coefficient (Wildman–Crippen LogP) is 3.27. The number of nitrogens with zero attached hydrogens (tertiary/aromatic N) is 1. The van der Waals surface area contributed by atoms with E-state index in [0.717, 1.165) is 11.3 Å². The van der Waals surface area contributed by atoms with Crippen molar-refractivity contribution in [3.8, 4) is 17.2 Å². The first-order chi connectivity index (χ1) is 10.7. The van der Waals surface area contributed by atoms with E-state index in [-0.39, 0.29) is 0 Å². The zero-order chi connectivity index (χ0) is 15.8. The van der Waals surface area contributed by atoms with E-state index in [1.807, 2.05) is 31.2 Å². The highest BCUT2D eigenvalue weighted by Crippen LogP contribution is 2.24. The Bertz CT molecular complexity index is 640. The SMILES string of the molecule is COc1ccc(/C=N/O)c(OCCOc2ccccc2C)c1. The van der Waals surface area contributed by atoms with Gasteiger partial charge in [0.1, 0.15) is 30.5 Å². The summed E-state index contributed by atoms with van der Waals surface area (Å²) in [6, 6.07) is 13.1. The third-order valence-corrected chi connectivity index (χ3v) is 3.11. The number of aryl methyl sites for hydroxylation is 1. The molecular weight excluding hydrogens is 282 g/mol. The Morgan fingerprint density at radius 2 is 1.77 bits per heavy atom. The molecule has 0 aromatic heterocycles. The zero-order valence-electron chi connectivity index (χ0n) is 12.7. The monoisotopic (exact) mass is 301 g/mol.